The minimum absolute atomic E-state index is 0.0385. The highest BCUT2D eigenvalue weighted by molar-refractivity contribution is 5.81. The van der Waals surface area contributed by atoms with Crippen molar-refractivity contribution in [3.8, 4) is 5.75 Å². The Bertz CT molecular complexity index is 1010. The summed E-state index contributed by atoms with van der Waals surface area (Å²) in [5, 5.41) is 0. The molecule has 0 aliphatic rings. The number of hydrogen-bond acceptors (Lipinski definition) is 4. The molecule has 1 aromatic rings. The Labute approximate surface area is 198 Å². The predicted molar refractivity (Wildman–Crippen MR) is 84.4 cm³/mol. The second kappa shape index (κ2) is 9.56. The summed E-state index contributed by atoms with van der Waals surface area (Å²) in [4.78, 5) is 11.7. The van der Waals surface area contributed by atoms with Gasteiger partial charge in [-0.3, -0.25) is 9.47 Å². The first-order valence-corrected chi connectivity index (χ1v) is 8.87. The molecule has 0 aliphatic heterocycles. The van der Waals surface area contributed by atoms with Gasteiger partial charge in [-0.05, 0) is 37.1 Å². The third-order valence-electron chi connectivity index (χ3n) is 4.03. The Morgan fingerprint density at radius 2 is 1.00 bits per heavy atom. The van der Waals surface area contributed by atoms with Crippen LogP contribution >= 0.6 is 0 Å². The van der Waals surface area contributed by atoms with Gasteiger partial charge in [-0.2, -0.15) is 74.6 Å². The fourth-order valence-corrected chi connectivity index (χ4v) is 2.31. The van der Waals surface area contributed by atoms with Crippen LogP contribution in [0.3, 0.4) is 0 Å². The summed E-state index contributed by atoms with van der Waals surface area (Å²) in [6, 6.07) is 2.49. The van der Waals surface area contributed by atoms with Gasteiger partial charge in [0.2, 0.25) is 0 Å². The number of halogens is 17. The van der Waals surface area contributed by atoms with E-state index in [0.29, 0.717) is 12.1 Å². The molecule has 220 valence electrons. The zero-order valence-electron chi connectivity index (χ0n) is 17.8. The van der Waals surface area contributed by atoms with E-state index in [0.717, 1.165) is 0 Å². The lowest BCUT2D eigenvalue weighted by Crippen LogP contribution is -2.68. The van der Waals surface area contributed by atoms with Gasteiger partial charge in [0.15, 0.2) is 0 Å². The van der Waals surface area contributed by atoms with E-state index in [2.05, 4.69) is 4.74 Å². The number of benzene rings is 1. The highest BCUT2D eigenvalue weighted by atomic mass is 19.4. The van der Waals surface area contributed by atoms with Crippen LogP contribution < -0.4 is 4.74 Å². The summed E-state index contributed by atoms with van der Waals surface area (Å²) in [5.41, 5.74) is 0.0770. The Balaban J connectivity index is 3.65. The molecule has 21 heteroatoms. The molecule has 38 heavy (non-hydrogen) atoms. The Kier molecular flexibility index (Phi) is 8.41. The molecule has 0 N–H and O–H groups in total. The van der Waals surface area contributed by atoms with Crippen LogP contribution in [0.1, 0.15) is 11.1 Å². The first kappa shape index (κ1) is 33.4. The standard InChI is InChI=1S/C17H9F17O4/c1-6-3-7(2)5-8(4-6)36-9(35)10(18,13(22,23)24)37-17(33,34)12(21,15(28,29)30)38-16(31,32)11(19,20)14(25,26)27/h3-5H,1-2H3/t10-,12-/m0/s1. The van der Waals surface area contributed by atoms with Crippen molar-refractivity contribution in [1.29, 1.82) is 0 Å². The van der Waals surface area contributed by atoms with Crippen LogP contribution in [0.25, 0.3) is 0 Å². The molecule has 0 radical (unpaired) electrons. The van der Waals surface area contributed by atoms with E-state index in [9.17, 15) is 79.4 Å². The highest BCUT2D eigenvalue weighted by Gasteiger charge is 2.85. The van der Waals surface area contributed by atoms with Crippen LogP contribution in [0.4, 0.5) is 74.6 Å². The first-order valence-electron chi connectivity index (χ1n) is 8.87. The Morgan fingerprint density at radius 3 is 1.34 bits per heavy atom. The van der Waals surface area contributed by atoms with Crippen molar-refractivity contribution in [2.24, 2.45) is 0 Å². The molecule has 2 atom stereocenters. The zero-order valence-corrected chi connectivity index (χ0v) is 17.8. The summed E-state index contributed by atoms with van der Waals surface area (Å²) in [7, 11) is 0. The van der Waals surface area contributed by atoms with E-state index in [1.807, 2.05) is 4.74 Å². The maximum Gasteiger partial charge on any atom is 0.462 e. The normalized spacial score (nSPS) is 17.6. The lowest BCUT2D eigenvalue weighted by Gasteiger charge is -2.39. The van der Waals surface area contributed by atoms with Crippen LogP contribution in [0, 0.1) is 13.8 Å². The average Bonchev–Trinajstić information content (AvgIpc) is 2.63. The average molecular weight is 600 g/mol. The van der Waals surface area contributed by atoms with Crippen molar-refractivity contribution in [2.75, 3.05) is 0 Å². The first-order chi connectivity index (χ1) is 16.5. The van der Waals surface area contributed by atoms with E-state index in [4.69, 9.17) is 0 Å². The van der Waals surface area contributed by atoms with Gasteiger partial charge in [-0.1, -0.05) is 6.07 Å². The van der Waals surface area contributed by atoms with Crippen molar-refractivity contribution in [1.82, 2.24) is 0 Å². The SMILES string of the molecule is Cc1cc(C)cc(OC(=O)[C@](F)(OC(F)(F)[C@@](F)(OC(F)(F)C(F)(F)C(F)(F)F)C(F)(F)F)C(F)(F)F)c1. The molecule has 0 heterocycles. The fourth-order valence-electron chi connectivity index (χ4n) is 2.31. The number of hydrogen-bond donors (Lipinski definition) is 0. The van der Waals surface area contributed by atoms with E-state index in [1.54, 1.807) is 0 Å². The highest BCUT2D eigenvalue weighted by Crippen LogP contribution is 2.56. The van der Waals surface area contributed by atoms with E-state index >= 15 is 0 Å². The van der Waals surface area contributed by atoms with Crippen molar-refractivity contribution >= 4 is 5.97 Å². The second-order valence-electron chi connectivity index (χ2n) is 7.21. The third-order valence-corrected chi connectivity index (χ3v) is 4.03. The molecule has 0 bridgehead atoms. The molecule has 0 amide bonds. The van der Waals surface area contributed by atoms with Crippen LogP contribution in [0.15, 0.2) is 18.2 Å². The van der Waals surface area contributed by atoms with Gasteiger partial charge in [-0.25, -0.2) is 4.79 Å². The van der Waals surface area contributed by atoms with Gasteiger partial charge < -0.3 is 4.74 Å². The van der Waals surface area contributed by atoms with Gasteiger partial charge in [-0.15, -0.1) is 0 Å². The predicted octanol–water partition coefficient (Wildman–Crippen LogP) is 7.08. The van der Waals surface area contributed by atoms with Crippen molar-refractivity contribution in [3.63, 3.8) is 0 Å². The molecule has 4 nitrogen and oxygen atoms in total. The van der Waals surface area contributed by atoms with Crippen molar-refractivity contribution < 1.29 is 93.6 Å². The van der Waals surface area contributed by atoms with Gasteiger partial charge in [0, 0.05) is 0 Å². The molecule has 0 fully saturated rings. The zero-order chi connectivity index (χ0) is 30.6. The van der Waals surface area contributed by atoms with Gasteiger partial charge in [0.25, 0.3) is 0 Å². The number of aryl methyl sites for hydroxylation is 2. The number of alkyl halides is 17. The molecular formula is C17H9F17O4. The molecule has 0 saturated carbocycles. The molecule has 0 aromatic heterocycles. The van der Waals surface area contributed by atoms with Crippen molar-refractivity contribution in [2.45, 2.75) is 62.2 Å². The number of rotatable bonds is 8. The Morgan fingerprint density at radius 1 is 0.579 bits per heavy atom. The molecular weight excluding hydrogens is 591 g/mol. The third kappa shape index (κ3) is 6.01. The van der Waals surface area contributed by atoms with Crippen LogP contribution in [0.2, 0.25) is 0 Å². The quantitative estimate of drug-likeness (QED) is 0.182. The Hall–Kier alpha value is -2.58. The molecule has 1 rings (SSSR count). The van der Waals surface area contributed by atoms with Crippen LogP contribution in [-0.2, 0) is 14.3 Å². The number of esters is 1. The largest absolute Gasteiger partial charge is 0.462 e. The number of ether oxygens (including phenoxy) is 3. The number of carbonyl (C=O) groups is 1. The summed E-state index contributed by atoms with van der Waals surface area (Å²) >= 11 is 0. The number of carbonyl (C=O) groups excluding carboxylic acids is 1. The van der Waals surface area contributed by atoms with E-state index in [1.165, 1.54) is 24.7 Å². The van der Waals surface area contributed by atoms with Crippen LogP contribution in [-0.4, -0.2) is 54.3 Å². The van der Waals surface area contributed by atoms with Crippen LogP contribution in [0.5, 0.6) is 5.75 Å². The summed E-state index contributed by atoms with van der Waals surface area (Å²) in [5.74, 6) is -27.7. The summed E-state index contributed by atoms with van der Waals surface area (Å²) in [6.45, 7) is 2.35. The van der Waals surface area contributed by atoms with Gasteiger partial charge in [0.05, 0.1) is 0 Å². The lowest BCUT2D eigenvalue weighted by molar-refractivity contribution is -0.548. The fraction of sp³-hybridized carbons (Fsp3) is 0.588. The summed E-state index contributed by atoms with van der Waals surface area (Å²) < 4.78 is 230. The molecule has 0 saturated heterocycles. The topological polar surface area (TPSA) is 44.8 Å². The minimum atomic E-state index is -8.08. The molecule has 1 aromatic carbocycles. The van der Waals surface area contributed by atoms with E-state index < -0.39 is 60.1 Å². The van der Waals surface area contributed by atoms with Gasteiger partial charge >= 0.3 is 54.3 Å². The molecule has 0 aliphatic carbocycles. The minimum Gasteiger partial charge on any atom is -0.422 e. The smallest absolute Gasteiger partial charge is 0.422 e. The second-order valence-corrected chi connectivity index (χ2v) is 7.21. The van der Waals surface area contributed by atoms with Gasteiger partial charge in [0.1, 0.15) is 5.75 Å². The van der Waals surface area contributed by atoms with Crippen molar-refractivity contribution in [3.05, 3.63) is 29.3 Å². The maximum absolute atomic E-state index is 14.4. The monoisotopic (exact) mass is 600 g/mol. The molecule has 0 spiro atoms. The molecule has 0 unspecified atom stereocenters. The van der Waals surface area contributed by atoms with E-state index in [-0.39, 0.29) is 11.1 Å². The summed E-state index contributed by atoms with van der Waals surface area (Å²) in [6.07, 6.45) is -38.7. The lowest BCUT2D eigenvalue weighted by atomic mass is 10.1. The maximum atomic E-state index is 14.4.